The van der Waals surface area contributed by atoms with E-state index in [1.807, 2.05) is 0 Å². The van der Waals surface area contributed by atoms with Crippen molar-refractivity contribution >= 4 is 0 Å². The van der Waals surface area contributed by atoms with Gasteiger partial charge < -0.3 is 0 Å². The first kappa shape index (κ1) is 6.85. The first-order valence-corrected chi connectivity index (χ1v) is 4.01. The van der Waals surface area contributed by atoms with E-state index >= 15 is 0 Å². The third kappa shape index (κ3) is 2.21. The lowest BCUT2D eigenvalue weighted by Crippen LogP contribution is -1.68. The van der Waals surface area contributed by atoms with Crippen LogP contribution in [0.4, 0.5) is 0 Å². The van der Waals surface area contributed by atoms with E-state index in [-0.39, 0.29) is 0 Å². The van der Waals surface area contributed by atoms with Gasteiger partial charge in [0.15, 0.2) is 0 Å². The van der Waals surface area contributed by atoms with Crippen molar-refractivity contribution in [3.05, 3.63) is 12.2 Å². The van der Waals surface area contributed by atoms with E-state index in [2.05, 4.69) is 26.0 Å². The van der Waals surface area contributed by atoms with Crippen LogP contribution in [-0.2, 0) is 0 Å². The first-order valence-electron chi connectivity index (χ1n) is 4.01. The second kappa shape index (κ2) is 3.05. The fourth-order valence-electron chi connectivity index (χ4n) is 1.06. The highest BCUT2D eigenvalue weighted by molar-refractivity contribution is 4.99. The molecule has 0 heterocycles. The van der Waals surface area contributed by atoms with Crippen LogP contribution in [0.1, 0.15) is 33.1 Å². The highest BCUT2D eigenvalue weighted by atomic mass is 14.3. The Kier molecular flexibility index (Phi) is 2.32. The minimum absolute atomic E-state index is 0.941. The second-order valence-corrected chi connectivity index (χ2v) is 3.09. The quantitative estimate of drug-likeness (QED) is 0.507. The molecule has 0 aromatic heterocycles. The highest BCUT2D eigenvalue weighted by Gasteiger charge is 2.29. The highest BCUT2D eigenvalue weighted by Crippen LogP contribution is 2.38. The molecule has 0 spiro atoms. The minimum atomic E-state index is 0.941. The topological polar surface area (TPSA) is 0 Å². The summed E-state index contributed by atoms with van der Waals surface area (Å²) < 4.78 is 0. The van der Waals surface area contributed by atoms with E-state index in [1.165, 1.54) is 19.3 Å². The SMILES string of the molecule is CCCC=CC1CC1C. The van der Waals surface area contributed by atoms with E-state index in [9.17, 15) is 0 Å². The minimum Gasteiger partial charge on any atom is -0.0883 e. The van der Waals surface area contributed by atoms with Crippen LogP contribution in [0.2, 0.25) is 0 Å². The molecule has 1 aliphatic carbocycles. The third-order valence-electron chi connectivity index (χ3n) is 2.01. The molecule has 0 amide bonds. The standard InChI is InChI=1S/C9H16/c1-3-4-5-6-9-7-8(9)2/h5-6,8-9H,3-4,7H2,1-2H3. The van der Waals surface area contributed by atoms with Gasteiger partial charge in [-0.1, -0.05) is 32.4 Å². The van der Waals surface area contributed by atoms with Gasteiger partial charge >= 0.3 is 0 Å². The summed E-state index contributed by atoms with van der Waals surface area (Å²) >= 11 is 0. The maximum Gasteiger partial charge on any atom is -0.0205 e. The molecule has 1 aliphatic rings. The van der Waals surface area contributed by atoms with Crippen LogP contribution in [0.25, 0.3) is 0 Å². The summed E-state index contributed by atoms with van der Waals surface area (Å²) in [5.74, 6) is 1.93. The summed E-state index contributed by atoms with van der Waals surface area (Å²) in [5.41, 5.74) is 0. The van der Waals surface area contributed by atoms with Crippen molar-refractivity contribution in [2.24, 2.45) is 11.8 Å². The van der Waals surface area contributed by atoms with Crippen LogP contribution in [-0.4, -0.2) is 0 Å². The van der Waals surface area contributed by atoms with Gasteiger partial charge in [0.2, 0.25) is 0 Å². The van der Waals surface area contributed by atoms with Gasteiger partial charge in [0, 0.05) is 0 Å². The van der Waals surface area contributed by atoms with Crippen LogP contribution in [0.15, 0.2) is 12.2 Å². The molecule has 0 heteroatoms. The van der Waals surface area contributed by atoms with E-state index in [4.69, 9.17) is 0 Å². The second-order valence-electron chi connectivity index (χ2n) is 3.09. The Balaban J connectivity index is 2.03. The lowest BCUT2D eigenvalue weighted by Gasteiger charge is -1.83. The molecule has 1 rings (SSSR count). The van der Waals surface area contributed by atoms with Gasteiger partial charge in [0.1, 0.15) is 0 Å². The van der Waals surface area contributed by atoms with Crippen molar-refractivity contribution in [1.82, 2.24) is 0 Å². The van der Waals surface area contributed by atoms with Crippen molar-refractivity contribution in [2.75, 3.05) is 0 Å². The number of hydrogen-bond donors (Lipinski definition) is 0. The third-order valence-corrected chi connectivity index (χ3v) is 2.01. The average molecular weight is 124 g/mol. The molecule has 9 heavy (non-hydrogen) atoms. The number of unbranched alkanes of at least 4 members (excludes halogenated alkanes) is 1. The van der Waals surface area contributed by atoms with E-state index in [1.54, 1.807) is 0 Å². The van der Waals surface area contributed by atoms with Gasteiger partial charge in [-0.15, -0.1) is 0 Å². The van der Waals surface area contributed by atoms with Crippen molar-refractivity contribution in [2.45, 2.75) is 33.1 Å². The molecule has 52 valence electrons. The molecule has 0 nitrogen and oxygen atoms in total. The van der Waals surface area contributed by atoms with Gasteiger partial charge in [-0.25, -0.2) is 0 Å². The van der Waals surface area contributed by atoms with Crippen LogP contribution < -0.4 is 0 Å². The van der Waals surface area contributed by atoms with Crippen molar-refractivity contribution in [3.63, 3.8) is 0 Å². The van der Waals surface area contributed by atoms with E-state index < -0.39 is 0 Å². The zero-order valence-corrected chi connectivity index (χ0v) is 6.43. The molecule has 0 aromatic carbocycles. The van der Waals surface area contributed by atoms with E-state index in [0.717, 1.165) is 11.8 Å². The Morgan fingerprint density at radius 1 is 1.56 bits per heavy atom. The van der Waals surface area contributed by atoms with Crippen LogP contribution in [0.3, 0.4) is 0 Å². The van der Waals surface area contributed by atoms with Crippen molar-refractivity contribution in [1.29, 1.82) is 0 Å². The number of rotatable bonds is 3. The van der Waals surface area contributed by atoms with Gasteiger partial charge in [-0.2, -0.15) is 0 Å². The maximum atomic E-state index is 2.38. The fourth-order valence-corrected chi connectivity index (χ4v) is 1.06. The lowest BCUT2D eigenvalue weighted by molar-refractivity contribution is 0.884. The zero-order valence-electron chi connectivity index (χ0n) is 6.43. The Morgan fingerprint density at radius 2 is 2.22 bits per heavy atom. The molecule has 0 radical (unpaired) electrons. The van der Waals surface area contributed by atoms with Gasteiger partial charge in [-0.05, 0) is 24.7 Å². The molecule has 1 saturated carbocycles. The smallest absolute Gasteiger partial charge is 0.0205 e. The Hall–Kier alpha value is -0.260. The monoisotopic (exact) mass is 124 g/mol. The molecule has 2 unspecified atom stereocenters. The van der Waals surface area contributed by atoms with Crippen LogP contribution in [0.5, 0.6) is 0 Å². The van der Waals surface area contributed by atoms with Crippen LogP contribution in [0, 0.1) is 11.8 Å². The van der Waals surface area contributed by atoms with Crippen LogP contribution >= 0.6 is 0 Å². The maximum absolute atomic E-state index is 2.38. The normalized spacial score (nSPS) is 33.6. The predicted molar refractivity (Wildman–Crippen MR) is 41.3 cm³/mol. The molecule has 2 atom stereocenters. The molecule has 1 fully saturated rings. The van der Waals surface area contributed by atoms with Crippen molar-refractivity contribution in [3.8, 4) is 0 Å². The van der Waals surface area contributed by atoms with E-state index in [0.29, 0.717) is 0 Å². The Labute approximate surface area is 58.0 Å². The van der Waals surface area contributed by atoms with Gasteiger partial charge in [0.05, 0.1) is 0 Å². The molecular weight excluding hydrogens is 108 g/mol. The molecule has 0 bridgehead atoms. The Morgan fingerprint density at radius 3 is 2.67 bits per heavy atom. The molecular formula is C9H16. The molecule has 0 aromatic rings. The Bertz CT molecular complexity index is 103. The lowest BCUT2D eigenvalue weighted by atomic mass is 10.2. The van der Waals surface area contributed by atoms with Crippen molar-refractivity contribution < 1.29 is 0 Å². The summed E-state index contributed by atoms with van der Waals surface area (Å²) in [6, 6.07) is 0. The van der Waals surface area contributed by atoms with Gasteiger partial charge in [0.25, 0.3) is 0 Å². The zero-order chi connectivity index (χ0) is 6.69. The first-order chi connectivity index (χ1) is 4.34. The summed E-state index contributed by atoms with van der Waals surface area (Å²) in [5, 5.41) is 0. The summed E-state index contributed by atoms with van der Waals surface area (Å²) in [6.07, 6.45) is 8.70. The van der Waals surface area contributed by atoms with Gasteiger partial charge in [-0.3, -0.25) is 0 Å². The molecule has 0 aliphatic heterocycles. The predicted octanol–water partition coefficient (Wildman–Crippen LogP) is 3.00. The largest absolute Gasteiger partial charge is 0.0883 e. The number of hydrogen-bond acceptors (Lipinski definition) is 0. The molecule has 0 saturated heterocycles. The summed E-state index contributed by atoms with van der Waals surface area (Å²) in [6.45, 7) is 4.54. The fraction of sp³-hybridized carbons (Fsp3) is 0.778. The molecule has 0 N–H and O–H groups in total. The summed E-state index contributed by atoms with van der Waals surface area (Å²) in [7, 11) is 0. The summed E-state index contributed by atoms with van der Waals surface area (Å²) in [4.78, 5) is 0. The number of allylic oxidation sites excluding steroid dienone is 2. The average Bonchev–Trinajstić information content (AvgIpc) is 2.48.